The zero-order valence-electron chi connectivity index (χ0n) is 45.4. The highest BCUT2D eigenvalue weighted by atomic mass is 79.9. The predicted molar refractivity (Wildman–Crippen MR) is 270 cm³/mol. The topological polar surface area (TPSA) is 133 Å². The van der Waals surface area contributed by atoms with Gasteiger partial charge in [0.2, 0.25) is 0 Å². The maximum atomic E-state index is 12.7. The SMILES string of the molecule is CC(C)(C)OC(=O)CBr.Cc1ccc(CN2CCN(C(=O)OC(C(F)(F)F)C(F)(F)F)CC2)c(C2CCN(CC(=O)OC(C)(C)C)C2)c1.Cc1ccc(CN2CCN(C(=O)OC(C(F)(F)F)C(F)(F)F)CC2)c(C2CCNC2)c1. The number of likely N-dealkylation sites (tertiary alicyclic amines) is 1. The Bertz CT molecular complexity index is 2290. The molecule has 2 aromatic carbocycles. The van der Waals surface area contributed by atoms with E-state index in [2.05, 4.69) is 53.8 Å². The van der Waals surface area contributed by atoms with Crippen LogP contribution in [0.4, 0.5) is 62.3 Å². The molecule has 2 unspecified atom stereocenters. The summed E-state index contributed by atoms with van der Waals surface area (Å²) in [6, 6.07) is 12.3. The lowest BCUT2D eigenvalue weighted by atomic mass is 9.91. The number of halogens is 13. The van der Waals surface area contributed by atoms with Crippen LogP contribution in [0.15, 0.2) is 36.4 Å². The van der Waals surface area contributed by atoms with Crippen molar-refractivity contribution in [3.63, 3.8) is 0 Å². The first kappa shape index (κ1) is 66.9. The Balaban J connectivity index is 0.000000300. The van der Waals surface area contributed by atoms with Gasteiger partial charge in [0.25, 0.3) is 12.2 Å². The zero-order valence-corrected chi connectivity index (χ0v) is 47.0. The number of amides is 2. The van der Waals surface area contributed by atoms with Crippen LogP contribution in [0.2, 0.25) is 0 Å². The number of rotatable bonds is 11. The Morgan fingerprint density at radius 2 is 0.949 bits per heavy atom. The smallest absolute Gasteiger partial charge is 0.434 e. The van der Waals surface area contributed by atoms with Crippen molar-refractivity contribution in [2.75, 3.05) is 90.4 Å². The first-order valence-corrected chi connectivity index (χ1v) is 26.7. The Hall–Kier alpha value is -4.60. The molecular formula is C52H71BrF12N6O8. The van der Waals surface area contributed by atoms with E-state index < -0.39 is 54.7 Å². The summed E-state index contributed by atoms with van der Waals surface area (Å²) in [7, 11) is 0. The minimum atomic E-state index is -5.75. The van der Waals surface area contributed by atoms with Crippen LogP contribution in [0.1, 0.15) is 99.6 Å². The second-order valence-electron chi connectivity index (χ2n) is 21.8. The second-order valence-corrected chi connectivity index (χ2v) is 22.4. The molecule has 0 aliphatic carbocycles. The monoisotopic (exact) mass is 1210 g/mol. The molecule has 4 fully saturated rings. The molecule has 0 bridgehead atoms. The van der Waals surface area contributed by atoms with E-state index in [1.165, 1.54) is 5.56 Å². The van der Waals surface area contributed by atoms with Crippen molar-refractivity contribution in [3.8, 4) is 0 Å². The van der Waals surface area contributed by atoms with Gasteiger partial charge in [0, 0.05) is 78.5 Å². The largest absolute Gasteiger partial charge is 0.459 e. The third-order valence-corrected chi connectivity index (χ3v) is 13.3. The van der Waals surface area contributed by atoms with Crippen molar-refractivity contribution >= 4 is 40.1 Å². The number of carbonyl (C=O) groups excluding carboxylic acids is 4. The molecule has 1 N–H and O–H groups in total. The quantitative estimate of drug-likeness (QED) is 0.0994. The Morgan fingerprint density at radius 1 is 0.557 bits per heavy atom. The van der Waals surface area contributed by atoms with Gasteiger partial charge in [0.15, 0.2) is 0 Å². The van der Waals surface area contributed by atoms with E-state index in [1.54, 1.807) is 0 Å². The van der Waals surface area contributed by atoms with E-state index in [1.807, 2.05) is 83.4 Å². The lowest BCUT2D eigenvalue weighted by molar-refractivity contribution is -0.309. The van der Waals surface area contributed by atoms with Crippen LogP contribution in [-0.2, 0) is 41.6 Å². The summed E-state index contributed by atoms with van der Waals surface area (Å²) >= 11 is 2.99. The van der Waals surface area contributed by atoms with E-state index in [-0.39, 0.29) is 74.6 Å². The van der Waals surface area contributed by atoms with Gasteiger partial charge in [-0.15, -0.1) is 0 Å². The highest BCUT2D eigenvalue weighted by Crippen LogP contribution is 2.38. The number of ether oxygens (including phenoxy) is 4. The molecule has 27 heteroatoms. The van der Waals surface area contributed by atoms with Gasteiger partial charge in [-0.1, -0.05) is 63.5 Å². The number of nitrogens with zero attached hydrogens (tertiary/aromatic N) is 5. The molecule has 0 spiro atoms. The van der Waals surface area contributed by atoms with Crippen molar-refractivity contribution < 1.29 is 90.8 Å². The molecule has 2 amide bonds. The minimum absolute atomic E-state index is 0.00650. The molecule has 79 heavy (non-hydrogen) atoms. The van der Waals surface area contributed by atoms with E-state index in [9.17, 15) is 71.9 Å². The zero-order chi connectivity index (χ0) is 59.5. The summed E-state index contributed by atoms with van der Waals surface area (Å²) in [4.78, 5) is 54.6. The Morgan fingerprint density at radius 3 is 1.29 bits per heavy atom. The fraction of sp³-hybridized carbons (Fsp3) is 0.692. The summed E-state index contributed by atoms with van der Waals surface area (Å²) in [5.41, 5.74) is 5.91. The lowest BCUT2D eigenvalue weighted by Gasteiger charge is -2.35. The maximum absolute atomic E-state index is 12.7. The number of carbonyl (C=O) groups is 4. The number of aryl methyl sites for hydroxylation is 2. The molecule has 4 aliphatic heterocycles. The molecule has 2 atom stereocenters. The average molecular weight is 1220 g/mol. The van der Waals surface area contributed by atoms with Crippen molar-refractivity contribution in [2.24, 2.45) is 0 Å². The van der Waals surface area contributed by atoms with Crippen LogP contribution in [0.5, 0.6) is 0 Å². The third kappa shape index (κ3) is 22.3. The normalized spacial score (nSPS) is 19.4. The second kappa shape index (κ2) is 27.9. The number of nitrogens with one attached hydrogen (secondary N) is 1. The molecule has 0 aromatic heterocycles. The van der Waals surface area contributed by atoms with Crippen LogP contribution >= 0.6 is 15.9 Å². The van der Waals surface area contributed by atoms with Crippen LogP contribution in [0.3, 0.4) is 0 Å². The van der Waals surface area contributed by atoms with E-state index in [0.29, 0.717) is 38.6 Å². The van der Waals surface area contributed by atoms with Crippen LogP contribution in [0.25, 0.3) is 0 Å². The molecule has 4 heterocycles. The van der Waals surface area contributed by atoms with Crippen LogP contribution in [-0.4, -0.2) is 187 Å². The maximum Gasteiger partial charge on any atom is 0.434 e. The molecule has 6 rings (SSSR count). The fourth-order valence-corrected chi connectivity index (χ4v) is 9.31. The van der Waals surface area contributed by atoms with Gasteiger partial charge < -0.3 is 34.1 Å². The first-order chi connectivity index (χ1) is 36.3. The molecule has 4 aliphatic rings. The molecular weight excluding hydrogens is 1140 g/mol. The van der Waals surface area contributed by atoms with Gasteiger partial charge in [-0.05, 0) is 115 Å². The number of benzene rings is 2. The average Bonchev–Trinajstić information content (AvgIpc) is 4.03. The standard InChI is InChI=1S/C26H35F6N3O4.C20H25F6N3O2.C6H11BrO2/c1-17-5-6-18(20(13-17)19-7-8-34(15-19)16-21(36)39-24(2,3)4)14-33-9-11-35(12-10-33)23(37)38-22(25(27,28)29)26(30,31)32;1-13-2-3-15(16(10-13)14-4-5-27-11-14)12-28-6-8-29(9-7-28)18(30)31-17(19(21,22)23)20(24,25)26;1-6(2,3)9-5(8)4-7/h5-6,13,19,22H,7-12,14-16H2,1-4H3;2-3,10,14,17,27H,4-9,11-12H2,1H3;4H2,1-3H3. The molecule has 0 radical (unpaired) electrons. The lowest BCUT2D eigenvalue weighted by Crippen LogP contribution is -2.52. The van der Waals surface area contributed by atoms with E-state index in [4.69, 9.17) is 9.47 Å². The van der Waals surface area contributed by atoms with E-state index >= 15 is 0 Å². The Labute approximate surface area is 460 Å². The summed E-state index contributed by atoms with van der Waals surface area (Å²) in [6.45, 7) is 20.6. The number of hydrogen-bond acceptors (Lipinski definition) is 12. The summed E-state index contributed by atoms with van der Waals surface area (Å²) in [5, 5.41) is 3.61. The van der Waals surface area contributed by atoms with Gasteiger partial charge >= 0.3 is 48.8 Å². The third-order valence-electron chi connectivity index (χ3n) is 12.8. The number of piperazine rings is 2. The highest BCUT2D eigenvalue weighted by molar-refractivity contribution is 9.09. The van der Waals surface area contributed by atoms with Gasteiger partial charge in [0.1, 0.15) is 16.5 Å². The summed E-state index contributed by atoms with van der Waals surface area (Å²) in [6.07, 6.45) is -32.6. The number of hydrogen-bond donors (Lipinski definition) is 1. The van der Waals surface area contributed by atoms with Gasteiger partial charge in [0.05, 0.1) is 6.54 Å². The number of esters is 2. The fourth-order valence-electron chi connectivity index (χ4n) is 9.20. The summed E-state index contributed by atoms with van der Waals surface area (Å²) < 4.78 is 170. The first-order valence-electron chi connectivity index (χ1n) is 25.6. The molecule has 448 valence electrons. The summed E-state index contributed by atoms with van der Waals surface area (Å²) in [5.74, 6) is 0.108. The minimum Gasteiger partial charge on any atom is -0.459 e. The molecule has 2 aromatic rings. The Kier molecular flexibility index (Phi) is 23.6. The van der Waals surface area contributed by atoms with Crippen LogP contribution < -0.4 is 5.32 Å². The van der Waals surface area contributed by atoms with Gasteiger partial charge in [-0.25, -0.2) is 9.59 Å². The molecule has 4 saturated heterocycles. The number of alkyl halides is 13. The predicted octanol–water partition coefficient (Wildman–Crippen LogP) is 10.4. The van der Waals surface area contributed by atoms with Gasteiger partial charge in [-0.2, -0.15) is 52.7 Å². The van der Waals surface area contributed by atoms with Gasteiger partial charge in [-0.3, -0.25) is 24.3 Å². The van der Waals surface area contributed by atoms with Crippen molar-refractivity contribution in [1.29, 1.82) is 0 Å². The van der Waals surface area contributed by atoms with Crippen LogP contribution in [0, 0.1) is 13.8 Å². The molecule has 14 nitrogen and oxygen atoms in total. The van der Waals surface area contributed by atoms with E-state index in [0.717, 1.165) is 70.1 Å². The molecule has 0 saturated carbocycles. The van der Waals surface area contributed by atoms with Crippen molar-refractivity contribution in [1.82, 2.24) is 29.8 Å². The van der Waals surface area contributed by atoms with Crippen molar-refractivity contribution in [3.05, 3.63) is 69.8 Å². The highest BCUT2D eigenvalue weighted by Gasteiger charge is 2.61. The van der Waals surface area contributed by atoms with Crippen molar-refractivity contribution in [2.45, 2.75) is 141 Å².